The lowest BCUT2D eigenvalue weighted by atomic mass is 9.88. The van der Waals surface area contributed by atoms with Crippen molar-refractivity contribution >= 4 is 0 Å². The van der Waals surface area contributed by atoms with Gasteiger partial charge < -0.3 is 5.73 Å². The predicted octanol–water partition coefficient (Wildman–Crippen LogP) is 4.68. The molecule has 1 heteroatoms. The largest absolute Gasteiger partial charge is 0.330 e. The van der Waals surface area contributed by atoms with Gasteiger partial charge in [-0.05, 0) is 72.4 Å². The molecule has 0 spiro atoms. The van der Waals surface area contributed by atoms with Crippen molar-refractivity contribution in [2.24, 2.45) is 5.73 Å². The molecule has 110 valence electrons. The maximum atomic E-state index is 5.65. The fraction of sp³-hybridized carbons (Fsp3) is 0.400. The van der Waals surface area contributed by atoms with Crippen molar-refractivity contribution in [2.45, 2.75) is 44.9 Å². The quantitative estimate of drug-likeness (QED) is 0.863. The molecule has 3 rings (SSSR count). The molecule has 2 N–H and O–H groups in total. The van der Waals surface area contributed by atoms with E-state index < -0.39 is 0 Å². The summed E-state index contributed by atoms with van der Waals surface area (Å²) in [4.78, 5) is 0. The summed E-state index contributed by atoms with van der Waals surface area (Å²) in [5.74, 6) is 0.549. The molecule has 0 fully saturated rings. The summed E-state index contributed by atoms with van der Waals surface area (Å²) < 4.78 is 0. The summed E-state index contributed by atoms with van der Waals surface area (Å²) in [6, 6.07) is 16.0. The fourth-order valence-corrected chi connectivity index (χ4v) is 3.33. The van der Waals surface area contributed by atoms with Crippen molar-refractivity contribution in [3.8, 4) is 11.1 Å². The Morgan fingerprint density at radius 1 is 0.905 bits per heavy atom. The van der Waals surface area contributed by atoms with Crippen LogP contribution < -0.4 is 5.73 Å². The minimum atomic E-state index is 0.549. The number of benzene rings is 2. The van der Waals surface area contributed by atoms with E-state index in [-0.39, 0.29) is 0 Å². The van der Waals surface area contributed by atoms with E-state index in [2.05, 4.69) is 49.4 Å². The second kappa shape index (κ2) is 6.44. The first-order valence-corrected chi connectivity index (χ1v) is 8.20. The highest BCUT2D eigenvalue weighted by Gasteiger charge is 2.10. The molecular formula is C20H25N. The first-order chi connectivity index (χ1) is 10.3. The van der Waals surface area contributed by atoms with E-state index in [1.807, 2.05) is 0 Å². The van der Waals surface area contributed by atoms with Crippen LogP contribution in [0.2, 0.25) is 0 Å². The number of nitrogens with two attached hydrogens (primary N) is 1. The van der Waals surface area contributed by atoms with Crippen LogP contribution in [0.3, 0.4) is 0 Å². The lowest BCUT2D eigenvalue weighted by Crippen LogP contribution is -2.04. The van der Waals surface area contributed by atoms with Crippen molar-refractivity contribution in [3.05, 3.63) is 59.2 Å². The van der Waals surface area contributed by atoms with E-state index in [1.165, 1.54) is 42.4 Å². The van der Waals surface area contributed by atoms with E-state index in [1.54, 1.807) is 11.1 Å². The average molecular weight is 279 g/mol. The number of hydrogen-bond acceptors (Lipinski definition) is 1. The smallest absolute Gasteiger partial charge is 0.00715 e. The van der Waals surface area contributed by atoms with Gasteiger partial charge in [0.05, 0.1) is 0 Å². The molecule has 0 saturated carbocycles. The minimum absolute atomic E-state index is 0.549. The Labute approximate surface area is 128 Å². The maximum absolute atomic E-state index is 5.65. The van der Waals surface area contributed by atoms with Crippen LogP contribution in [0.15, 0.2) is 42.5 Å². The third-order valence-corrected chi connectivity index (χ3v) is 4.76. The van der Waals surface area contributed by atoms with Gasteiger partial charge in [0.25, 0.3) is 0 Å². The van der Waals surface area contributed by atoms with Crippen molar-refractivity contribution in [1.29, 1.82) is 0 Å². The van der Waals surface area contributed by atoms with Gasteiger partial charge in [0.2, 0.25) is 0 Å². The van der Waals surface area contributed by atoms with Crippen LogP contribution in [0, 0.1) is 0 Å². The van der Waals surface area contributed by atoms with Crippen LogP contribution in [0.25, 0.3) is 11.1 Å². The van der Waals surface area contributed by atoms with Crippen LogP contribution in [0.1, 0.15) is 48.8 Å². The zero-order valence-corrected chi connectivity index (χ0v) is 12.9. The summed E-state index contributed by atoms with van der Waals surface area (Å²) in [7, 11) is 0. The molecule has 0 amide bonds. The fourth-order valence-electron chi connectivity index (χ4n) is 3.33. The predicted molar refractivity (Wildman–Crippen MR) is 90.6 cm³/mol. The van der Waals surface area contributed by atoms with E-state index >= 15 is 0 Å². The number of hydrogen-bond donors (Lipinski definition) is 1. The average Bonchev–Trinajstić information content (AvgIpc) is 2.55. The molecule has 0 heterocycles. The molecule has 0 aromatic heterocycles. The van der Waals surface area contributed by atoms with Crippen molar-refractivity contribution in [2.75, 3.05) is 6.54 Å². The maximum Gasteiger partial charge on any atom is -0.00715 e. The Bertz CT molecular complexity index is 598. The third kappa shape index (κ3) is 3.19. The molecule has 1 unspecified atom stereocenters. The molecule has 0 radical (unpaired) electrons. The summed E-state index contributed by atoms with van der Waals surface area (Å²) in [5, 5.41) is 0. The number of aryl methyl sites for hydroxylation is 2. The summed E-state index contributed by atoms with van der Waals surface area (Å²) in [6.45, 7) is 3.01. The van der Waals surface area contributed by atoms with Crippen LogP contribution in [-0.4, -0.2) is 6.54 Å². The van der Waals surface area contributed by atoms with E-state index in [4.69, 9.17) is 5.73 Å². The minimum Gasteiger partial charge on any atom is -0.330 e. The van der Waals surface area contributed by atoms with Gasteiger partial charge >= 0.3 is 0 Å². The van der Waals surface area contributed by atoms with Gasteiger partial charge in [-0.15, -0.1) is 0 Å². The van der Waals surface area contributed by atoms with Gasteiger partial charge in [0.1, 0.15) is 0 Å². The van der Waals surface area contributed by atoms with Crippen LogP contribution >= 0.6 is 0 Å². The first-order valence-electron chi connectivity index (χ1n) is 8.20. The second-order valence-corrected chi connectivity index (χ2v) is 6.29. The third-order valence-electron chi connectivity index (χ3n) is 4.76. The lowest BCUT2D eigenvalue weighted by Gasteiger charge is -2.17. The Kier molecular flexibility index (Phi) is 4.40. The molecular weight excluding hydrogens is 254 g/mol. The van der Waals surface area contributed by atoms with Crippen molar-refractivity contribution in [3.63, 3.8) is 0 Å². The molecule has 1 atom stereocenters. The normalized spacial score (nSPS) is 15.5. The molecule has 0 aliphatic heterocycles. The molecule has 1 nitrogen and oxygen atoms in total. The molecule has 1 aliphatic rings. The molecule has 2 aromatic rings. The highest BCUT2D eigenvalue weighted by atomic mass is 14.5. The summed E-state index contributed by atoms with van der Waals surface area (Å²) >= 11 is 0. The van der Waals surface area contributed by atoms with Gasteiger partial charge in [-0.1, -0.05) is 49.4 Å². The Hall–Kier alpha value is -1.60. The van der Waals surface area contributed by atoms with E-state index in [0.717, 1.165) is 13.0 Å². The number of rotatable bonds is 4. The van der Waals surface area contributed by atoms with Crippen molar-refractivity contribution < 1.29 is 0 Å². The summed E-state index contributed by atoms with van der Waals surface area (Å²) in [5.41, 5.74) is 12.8. The molecule has 2 aromatic carbocycles. The Balaban J connectivity index is 1.83. The van der Waals surface area contributed by atoms with Crippen LogP contribution in [0.5, 0.6) is 0 Å². The van der Waals surface area contributed by atoms with E-state index in [0.29, 0.717) is 5.92 Å². The monoisotopic (exact) mass is 279 g/mol. The zero-order valence-electron chi connectivity index (χ0n) is 12.9. The lowest BCUT2D eigenvalue weighted by molar-refractivity contribution is 0.686. The molecule has 0 bridgehead atoms. The van der Waals surface area contributed by atoms with Gasteiger partial charge in [-0.3, -0.25) is 0 Å². The molecule has 21 heavy (non-hydrogen) atoms. The van der Waals surface area contributed by atoms with Crippen LogP contribution in [-0.2, 0) is 12.8 Å². The highest BCUT2D eigenvalue weighted by Crippen LogP contribution is 2.28. The standard InChI is InChI=1S/C20H25N/c1-15(12-13-21)16-6-8-18(9-7-16)20-11-10-17-4-2-3-5-19(17)14-20/h6-11,14-15H,2-5,12-13,21H2,1H3. The van der Waals surface area contributed by atoms with Gasteiger partial charge in [-0.25, -0.2) is 0 Å². The Morgan fingerprint density at radius 3 is 2.29 bits per heavy atom. The Morgan fingerprint density at radius 2 is 1.57 bits per heavy atom. The first kappa shape index (κ1) is 14.3. The van der Waals surface area contributed by atoms with Gasteiger partial charge in [-0.2, -0.15) is 0 Å². The highest BCUT2D eigenvalue weighted by molar-refractivity contribution is 5.65. The van der Waals surface area contributed by atoms with Crippen molar-refractivity contribution in [1.82, 2.24) is 0 Å². The van der Waals surface area contributed by atoms with Gasteiger partial charge in [0, 0.05) is 0 Å². The summed E-state index contributed by atoms with van der Waals surface area (Å²) in [6.07, 6.45) is 6.24. The molecule has 0 saturated heterocycles. The zero-order chi connectivity index (χ0) is 14.7. The van der Waals surface area contributed by atoms with Gasteiger partial charge in [0.15, 0.2) is 0 Å². The second-order valence-electron chi connectivity index (χ2n) is 6.29. The number of fused-ring (bicyclic) bond motifs is 1. The SMILES string of the molecule is CC(CCN)c1ccc(-c2ccc3c(c2)CCCC3)cc1. The molecule has 1 aliphatic carbocycles. The van der Waals surface area contributed by atoms with Crippen LogP contribution in [0.4, 0.5) is 0 Å². The topological polar surface area (TPSA) is 26.0 Å². The van der Waals surface area contributed by atoms with E-state index in [9.17, 15) is 0 Å².